The number of hydrogen-bond acceptors (Lipinski definition) is 16. The summed E-state index contributed by atoms with van der Waals surface area (Å²) in [6.07, 6.45) is -11.2. The van der Waals surface area contributed by atoms with Crippen LogP contribution in [-0.4, -0.2) is 156 Å². The average molecular weight is 811 g/mol. The number of carbonyl (C=O) groups excluding carboxylic acids is 1. The molecule has 0 radical (unpaired) electrons. The summed E-state index contributed by atoms with van der Waals surface area (Å²) in [6, 6.07) is 8.29. The highest BCUT2D eigenvalue weighted by Crippen LogP contribution is 2.71. The summed E-state index contributed by atoms with van der Waals surface area (Å²) < 4.78 is 35.4. The molecule has 4 saturated carbocycles. The van der Waals surface area contributed by atoms with Crippen molar-refractivity contribution in [1.82, 2.24) is 0 Å². The largest absolute Gasteiger partial charge is 0.430 e. The fourth-order valence-electron chi connectivity index (χ4n) is 12.2. The molecule has 322 valence electrons. The summed E-state index contributed by atoms with van der Waals surface area (Å²) in [4.78, 5) is 13.1. The maximum absolute atomic E-state index is 13.1. The van der Waals surface area contributed by atoms with Crippen LogP contribution in [0.15, 0.2) is 30.3 Å². The summed E-state index contributed by atoms with van der Waals surface area (Å²) in [7, 11) is 1.38. The zero-order valence-electron chi connectivity index (χ0n) is 33.3. The third-order valence-corrected chi connectivity index (χ3v) is 15.4. The standard InChI is InChI=1S/C41H62O16/c1-20-32(56-35-30(46)29(45)28(44)24(19-42)55-35)33(52-5)31(47)36(53-20)54-23-12-14-37(2)22(17-23)11-16-40(50)25(37)13-15-38(3)26(18-27(43)41(38,40)51)39(4,49)57-34(48)21-9-7-6-8-10-21/h6-10,20,22-33,35-36,42-47,49-51H,11-19H2,1-5H3/t20-,22?,23+,24-,25-,26+,27-,28-,29+,30-,31-,32+,33-,35+,36+,37+,38-,39+,40+,41-/m1/s1. The van der Waals surface area contributed by atoms with Crippen LogP contribution in [0, 0.1) is 28.6 Å². The van der Waals surface area contributed by atoms with Crippen LogP contribution in [-0.2, 0) is 28.4 Å². The van der Waals surface area contributed by atoms with Crippen LogP contribution in [0.3, 0.4) is 0 Å². The first-order chi connectivity index (χ1) is 26.8. The number of aliphatic hydroxyl groups is 9. The van der Waals surface area contributed by atoms with Gasteiger partial charge in [0.15, 0.2) is 12.6 Å². The molecule has 2 aliphatic heterocycles. The van der Waals surface area contributed by atoms with E-state index >= 15 is 0 Å². The van der Waals surface area contributed by atoms with E-state index in [4.69, 9.17) is 28.4 Å². The smallest absolute Gasteiger partial charge is 0.340 e. The molecule has 16 nitrogen and oxygen atoms in total. The Bertz CT molecular complexity index is 1580. The van der Waals surface area contributed by atoms with Gasteiger partial charge in [0.25, 0.3) is 0 Å². The minimum absolute atomic E-state index is 0.0532. The first-order valence-corrected chi connectivity index (χ1v) is 20.4. The van der Waals surface area contributed by atoms with Gasteiger partial charge in [0, 0.05) is 25.4 Å². The van der Waals surface area contributed by atoms with Crippen molar-refractivity contribution in [1.29, 1.82) is 0 Å². The minimum Gasteiger partial charge on any atom is -0.430 e. The van der Waals surface area contributed by atoms with Crippen molar-refractivity contribution in [2.24, 2.45) is 28.6 Å². The topological polar surface area (TPSA) is 255 Å². The Morgan fingerprint density at radius 1 is 0.860 bits per heavy atom. The lowest BCUT2D eigenvalue weighted by atomic mass is 9.41. The number of fused-ring (bicyclic) bond motifs is 5. The highest BCUT2D eigenvalue weighted by atomic mass is 16.7. The molecule has 2 heterocycles. The first kappa shape index (κ1) is 43.2. The van der Waals surface area contributed by atoms with Crippen molar-refractivity contribution in [2.45, 2.75) is 170 Å². The molecular formula is C41H62O16. The van der Waals surface area contributed by atoms with E-state index in [1.165, 1.54) is 14.0 Å². The quantitative estimate of drug-likeness (QED) is 0.0911. The monoisotopic (exact) mass is 810 g/mol. The second-order valence-electron chi connectivity index (χ2n) is 18.3. The van der Waals surface area contributed by atoms with Gasteiger partial charge >= 0.3 is 5.97 Å². The number of benzene rings is 1. The summed E-state index contributed by atoms with van der Waals surface area (Å²) >= 11 is 0. The third kappa shape index (κ3) is 6.80. The Balaban J connectivity index is 1.02. The van der Waals surface area contributed by atoms with Gasteiger partial charge in [-0.25, -0.2) is 4.79 Å². The van der Waals surface area contributed by atoms with Gasteiger partial charge in [0.05, 0.1) is 36.1 Å². The van der Waals surface area contributed by atoms with Crippen LogP contribution in [0.25, 0.3) is 0 Å². The number of ether oxygens (including phenoxy) is 6. The second-order valence-corrected chi connectivity index (χ2v) is 18.3. The van der Waals surface area contributed by atoms with Crippen molar-refractivity contribution >= 4 is 5.97 Å². The van der Waals surface area contributed by atoms with E-state index in [9.17, 15) is 50.8 Å². The van der Waals surface area contributed by atoms with Crippen LogP contribution in [0.4, 0.5) is 0 Å². The lowest BCUT2D eigenvalue weighted by Gasteiger charge is -2.68. The van der Waals surface area contributed by atoms with Crippen molar-refractivity contribution in [3.8, 4) is 0 Å². The van der Waals surface area contributed by atoms with Crippen molar-refractivity contribution in [2.75, 3.05) is 13.7 Å². The van der Waals surface area contributed by atoms with Gasteiger partial charge in [0.2, 0.25) is 5.79 Å². The molecule has 20 atom stereocenters. The van der Waals surface area contributed by atoms with Crippen LogP contribution < -0.4 is 0 Å². The van der Waals surface area contributed by atoms with Crippen molar-refractivity contribution in [3.63, 3.8) is 0 Å². The molecule has 57 heavy (non-hydrogen) atoms. The summed E-state index contributed by atoms with van der Waals surface area (Å²) in [5.74, 6) is -4.00. The molecule has 9 N–H and O–H groups in total. The highest BCUT2D eigenvalue weighted by molar-refractivity contribution is 5.89. The zero-order valence-corrected chi connectivity index (χ0v) is 33.3. The van der Waals surface area contributed by atoms with Gasteiger partial charge in [-0.15, -0.1) is 0 Å². The van der Waals surface area contributed by atoms with Crippen molar-refractivity contribution in [3.05, 3.63) is 35.9 Å². The second kappa shape index (κ2) is 15.5. The number of aliphatic hydroxyl groups excluding tert-OH is 6. The molecule has 0 bridgehead atoms. The van der Waals surface area contributed by atoms with Crippen LogP contribution in [0.2, 0.25) is 0 Å². The molecule has 2 saturated heterocycles. The Kier molecular flexibility index (Phi) is 11.8. The molecule has 6 fully saturated rings. The predicted octanol–water partition coefficient (Wildman–Crippen LogP) is 0.102. The van der Waals surface area contributed by atoms with E-state index in [1.54, 1.807) is 44.2 Å². The van der Waals surface area contributed by atoms with Gasteiger partial charge in [-0.1, -0.05) is 32.0 Å². The molecule has 1 aromatic carbocycles. The highest BCUT2D eigenvalue weighted by Gasteiger charge is 2.79. The summed E-state index contributed by atoms with van der Waals surface area (Å²) in [5, 5.41) is 101. The van der Waals surface area contributed by atoms with E-state index in [0.717, 1.165) is 0 Å². The number of hydrogen-bond donors (Lipinski definition) is 9. The Labute approximate surface area is 332 Å². The third-order valence-electron chi connectivity index (χ3n) is 15.4. The Morgan fingerprint density at radius 3 is 2.21 bits per heavy atom. The Hall–Kier alpha value is -1.87. The van der Waals surface area contributed by atoms with E-state index in [1.807, 2.05) is 0 Å². The predicted molar refractivity (Wildman–Crippen MR) is 197 cm³/mol. The fraction of sp³-hybridized carbons (Fsp3) is 0.829. The lowest BCUT2D eigenvalue weighted by Crippen LogP contribution is -2.76. The number of esters is 1. The SMILES string of the molecule is CO[C@@H]1[C@@H](O)[C@H](O[C@H]2CC[C@@]3(C)C(CC[C@]4(O)[C@@H]3CC[C@]3(C)[C@@H]([C@@](C)(O)OC(=O)c5ccccc5)C[C@@H](O)[C@@]34O)C2)O[C@H](C)[C@@H]1O[C@@H]1O[C@H](CO)[C@@H](O)[C@H](O)[C@H]1O. The molecule has 0 amide bonds. The van der Waals surface area contributed by atoms with Gasteiger partial charge in [-0.3, -0.25) is 0 Å². The molecule has 0 spiro atoms. The molecule has 1 unspecified atom stereocenters. The maximum Gasteiger partial charge on any atom is 0.340 e. The van der Waals surface area contributed by atoms with Crippen LogP contribution in [0.1, 0.15) is 89.4 Å². The van der Waals surface area contributed by atoms with Gasteiger partial charge in [-0.2, -0.15) is 0 Å². The number of rotatable bonds is 9. The minimum atomic E-state index is -2.05. The number of methoxy groups -OCH3 is 1. The van der Waals surface area contributed by atoms with Crippen LogP contribution in [0.5, 0.6) is 0 Å². The lowest BCUT2D eigenvalue weighted by molar-refractivity contribution is -0.363. The average Bonchev–Trinajstić information content (AvgIpc) is 3.40. The maximum atomic E-state index is 13.1. The van der Waals surface area contributed by atoms with E-state index in [2.05, 4.69) is 6.92 Å². The molecule has 16 heteroatoms. The van der Waals surface area contributed by atoms with Gasteiger partial charge in [0.1, 0.15) is 48.3 Å². The number of carbonyl (C=O) groups is 1. The van der Waals surface area contributed by atoms with E-state index in [-0.39, 0.29) is 30.4 Å². The van der Waals surface area contributed by atoms with E-state index < -0.39 is 120 Å². The molecule has 0 aromatic heterocycles. The normalized spacial score (nSPS) is 50.9. The van der Waals surface area contributed by atoms with E-state index in [0.29, 0.717) is 38.5 Å². The molecule has 1 aromatic rings. The van der Waals surface area contributed by atoms with Crippen molar-refractivity contribution < 1.29 is 79.2 Å². The first-order valence-electron chi connectivity index (χ1n) is 20.4. The zero-order chi connectivity index (χ0) is 41.5. The molecular weight excluding hydrogens is 748 g/mol. The fourth-order valence-corrected chi connectivity index (χ4v) is 12.2. The Morgan fingerprint density at radius 2 is 1.54 bits per heavy atom. The van der Waals surface area contributed by atoms with Gasteiger partial charge in [-0.05, 0) is 87.7 Å². The summed E-state index contributed by atoms with van der Waals surface area (Å²) in [5.41, 5.74) is -5.10. The van der Waals surface area contributed by atoms with Crippen LogP contribution >= 0.6 is 0 Å². The molecule has 6 aliphatic rings. The molecule has 4 aliphatic carbocycles. The van der Waals surface area contributed by atoms with Gasteiger partial charge < -0.3 is 74.4 Å². The molecule has 7 rings (SSSR count). The summed E-state index contributed by atoms with van der Waals surface area (Å²) in [6.45, 7) is 6.33.